The van der Waals surface area contributed by atoms with Crippen LogP contribution in [0.3, 0.4) is 0 Å². The average Bonchev–Trinajstić information content (AvgIpc) is 3.31. The third kappa shape index (κ3) is 35.8. The van der Waals surface area contributed by atoms with Crippen molar-refractivity contribution in [2.75, 3.05) is 61.9 Å². The Bertz CT molecular complexity index is 1130. The Labute approximate surface area is 437 Å². The van der Waals surface area contributed by atoms with Crippen molar-refractivity contribution in [3.63, 3.8) is 0 Å². The molecule has 0 aliphatic carbocycles. The summed E-state index contributed by atoms with van der Waals surface area (Å²) < 4.78 is 3.32. The van der Waals surface area contributed by atoms with Crippen LogP contribution in [0.1, 0.15) is 324 Å². The fourth-order valence-electron chi connectivity index (χ4n) is 11.8. The summed E-state index contributed by atoms with van der Waals surface area (Å²) in [6.45, 7) is 21.9. The van der Waals surface area contributed by atoms with Crippen molar-refractivity contribution in [3.8, 4) is 0 Å². The minimum absolute atomic E-state index is 1.11. The third-order valence-electron chi connectivity index (χ3n) is 16.8. The van der Waals surface area contributed by atoms with Crippen LogP contribution in [0, 0.1) is 20.8 Å². The van der Waals surface area contributed by atoms with Crippen molar-refractivity contribution in [2.24, 2.45) is 0 Å². The van der Waals surface area contributed by atoms with E-state index in [2.05, 4.69) is 83.8 Å². The van der Waals surface area contributed by atoms with Gasteiger partial charge in [-0.3, -0.25) is 0 Å². The molecule has 0 aliphatic rings. The largest absolute Gasteiger partial charge is 0.325 e. The lowest BCUT2D eigenvalue weighted by molar-refractivity contribution is -0.905. The van der Waals surface area contributed by atoms with E-state index in [0.29, 0.717) is 0 Å². The molecule has 0 atom stereocenters. The summed E-state index contributed by atoms with van der Waals surface area (Å²) in [5.74, 6) is 0. The smallest absolute Gasteiger partial charge is 0.104 e. The molecule has 0 aromatic heterocycles. The highest BCUT2D eigenvalue weighted by molar-refractivity contribution is 5.50. The third-order valence-corrected chi connectivity index (χ3v) is 16.8. The Hall–Kier alpha value is -0.900. The van der Waals surface area contributed by atoms with Crippen molar-refractivity contribution >= 4 is 0 Å². The highest BCUT2D eigenvalue weighted by atomic mass is 15.3. The summed E-state index contributed by atoms with van der Waals surface area (Å²) in [6.07, 6.45) is 60.2. The van der Waals surface area contributed by atoms with E-state index in [9.17, 15) is 0 Å². The molecule has 0 spiro atoms. The number of hydrogen-bond donors (Lipinski definition) is 0. The first-order chi connectivity index (χ1) is 33.2. The van der Waals surface area contributed by atoms with Crippen molar-refractivity contribution < 1.29 is 13.4 Å². The van der Waals surface area contributed by atoms with Crippen LogP contribution in [0.2, 0.25) is 0 Å². The van der Waals surface area contributed by atoms with Gasteiger partial charge in [0.1, 0.15) is 19.6 Å². The molecule has 0 radical (unpaired) electrons. The van der Waals surface area contributed by atoms with Gasteiger partial charge in [0.05, 0.1) is 61.9 Å². The molecule has 3 heteroatoms. The zero-order chi connectivity index (χ0) is 50.9. The predicted molar refractivity (Wildman–Crippen MR) is 314 cm³/mol. The van der Waals surface area contributed by atoms with Crippen LogP contribution in [0.4, 0.5) is 0 Å². The van der Waals surface area contributed by atoms with Gasteiger partial charge in [0.15, 0.2) is 0 Å². The maximum Gasteiger partial charge on any atom is 0.104 e. The first-order valence-electron chi connectivity index (χ1n) is 31.8. The standard InChI is InChI=1S/C66H132N3/c1-13-16-19-22-25-28-31-34-37-40-43-46-49-52-55-67(7,8)58-64-61(4)65(59-68(9,10)56-53-50-47-44-41-38-35-32-29-26-23-20-17-14-2)63(6)66(62(64)5)60-69(11,12)57-54-51-48-45-42-39-36-33-30-27-24-21-18-15-3/h13-60H2,1-12H3/q+3. The van der Waals surface area contributed by atoms with Gasteiger partial charge in [0, 0.05) is 16.7 Å². The van der Waals surface area contributed by atoms with Crippen LogP contribution >= 0.6 is 0 Å². The van der Waals surface area contributed by atoms with Crippen molar-refractivity contribution in [2.45, 2.75) is 331 Å². The Morgan fingerprint density at radius 2 is 0.333 bits per heavy atom. The number of rotatable bonds is 51. The van der Waals surface area contributed by atoms with Crippen LogP contribution < -0.4 is 0 Å². The molecule has 1 aromatic rings. The van der Waals surface area contributed by atoms with E-state index in [1.807, 2.05) is 0 Å². The Morgan fingerprint density at radius 1 is 0.203 bits per heavy atom. The normalized spacial score (nSPS) is 12.5. The van der Waals surface area contributed by atoms with E-state index in [1.54, 1.807) is 33.4 Å². The van der Waals surface area contributed by atoms with Gasteiger partial charge in [0.25, 0.3) is 0 Å². The molecular weight excluding hydrogens is 835 g/mol. The lowest BCUT2D eigenvalue weighted by atomic mass is 9.86. The van der Waals surface area contributed by atoms with E-state index in [0.717, 1.165) is 33.1 Å². The molecular formula is C66H132N3+3. The molecule has 1 rings (SSSR count). The molecule has 0 saturated carbocycles. The number of unbranched alkanes of at least 4 members (excludes halogenated alkanes) is 39. The van der Waals surface area contributed by atoms with Gasteiger partial charge in [-0.2, -0.15) is 0 Å². The molecule has 0 bridgehead atoms. The van der Waals surface area contributed by atoms with Gasteiger partial charge in [-0.1, -0.05) is 252 Å². The molecule has 0 fully saturated rings. The maximum absolute atomic E-state index is 2.53. The minimum Gasteiger partial charge on any atom is -0.325 e. The van der Waals surface area contributed by atoms with Gasteiger partial charge in [-0.05, 0) is 76.0 Å². The fourth-order valence-corrected chi connectivity index (χ4v) is 11.8. The summed E-state index contributed by atoms with van der Waals surface area (Å²) in [7, 11) is 15.2. The summed E-state index contributed by atoms with van der Waals surface area (Å²) in [4.78, 5) is 0. The molecule has 0 amide bonds. The second-order valence-corrected chi connectivity index (χ2v) is 25.6. The zero-order valence-corrected chi connectivity index (χ0v) is 50.3. The highest BCUT2D eigenvalue weighted by Gasteiger charge is 2.29. The molecule has 0 unspecified atom stereocenters. The van der Waals surface area contributed by atoms with Crippen LogP contribution in [0.5, 0.6) is 0 Å². The monoisotopic (exact) mass is 967 g/mol. The Morgan fingerprint density at radius 3 is 0.478 bits per heavy atom. The minimum atomic E-state index is 1.11. The van der Waals surface area contributed by atoms with Crippen molar-refractivity contribution in [1.82, 2.24) is 0 Å². The van der Waals surface area contributed by atoms with Crippen LogP contribution in [0.25, 0.3) is 0 Å². The quantitative estimate of drug-likeness (QED) is 0.0451. The second-order valence-electron chi connectivity index (χ2n) is 25.6. The highest BCUT2D eigenvalue weighted by Crippen LogP contribution is 2.33. The number of quaternary nitrogens is 3. The maximum atomic E-state index is 2.53. The van der Waals surface area contributed by atoms with E-state index >= 15 is 0 Å². The predicted octanol–water partition coefficient (Wildman–Crippen LogP) is 20.8. The van der Waals surface area contributed by atoms with E-state index in [-0.39, 0.29) is 0 Å². The van der Waals surface area contributed by atoms with Crippen molar-refractivity contribution in [3.05, 3.63) is 33.4 Å². The molecule has 69 heavy (non-hydrogen) atoms. The Balaban J connectivity index is 2.84. The van der Waals surface area contributed by atoms with E-state index in [1.165, 1.54) is 289 Å². The Kier molecular flexibility index (Phi) is 40.7. The molecule has 0 N–H and O–H groups in total. The SMILES string of the molecule is CCCCCCCCCCCCCCCC[N+](C)(C)Cc1c(C)c(C[N+](C)(C)CCCCCCCCCCCCCCCC)c(C)c(C[N+](C)(C)CCCCCCCCCCCCCCCC)c1C. The molecule has 0 aliphatic heterocycles. The number of nitrogens with zero attached hydrogens (tertiary/aromatic N) is 3. The molecule has 0 heterocycles. The molecule has 1 aromatic carbocycles. The van der Waals surface area contributed by atoms with Crippen molar-refractivity contribution in [1.29, 1.82) is 0 Å². The second kappa shape index (κ2) is 42.5. The van der Waals surface area contributed by atoms with Gasteiger partial charge in [-0.15, -0.1) is 0 Å². The molecule has 0 saturated heterocycles. The van der Waals surface area contributed by atoms with Gasteiger partial charge >= 0.3 is 0 Å². The van der Waals surface area contributed by atoms with E-state index < -0.39 is 0 Å². The van der Waals surface area contributed by atoms with Gasteiger partial charge < -0.3 is 13.4 Å². The topological polar surface area (TPSA) is 0 Å². The molecule has 408 valence electrons. The lowest BCUT2D eigenvalue weighted by Gasteiger charge is -2.36. The van der Waals surface area contributed by atoms with Crippen LogP contribution in [-0.2, 0) is 19.6 Å². The van der Waals surface area contributed by atoms with E-state index in [4.69, 9.17) is 0 Å². The summed E-state index contributed by atoms with van der Waals surface area (Å²) >= 11 is 0. The number of benzene rings is 1. The summed E-state index contributed by atoms with van der Waals surface area (Å²) in [6, 6.07) is 0. The first kappa shape index (κ1) is 66.1. The van der Waals surface area contributed by atoms with Gasteiger partial charge in [-0.25, -0.2) is 0 Å². The zero-order valence-electron chi connectivity index (χ0n) is 50.3. The van der Waals surface area contributed by atoms with Crippen LogP contribution in [-0.4, -0.2) is 75.4 Å². The lowest BCUT2D eigenvalue weighted by Crippen LogP contribution is -2.43. The molecule has 3 nitrogen and oxygen atoms in total. The van der Waals surface area contributed by atoms with Crippen LogP contribution in [0.15, 0.2) is 0 Å². The average molecular weight is 968 g/mol. The summed E-state index contributed by atoms with van der Waals surface area (Å²) in [5, 5.41) is 0. The first-order valence-corrected chi connectivity index (χ1v) is 31.8. The fraction of sp³-hybridized carbons (Fsp3) is 0.909. The number of hydrogen-bond acceptors (Lipinski definition) is 0. The van der Waals surface area contributed by atoms with Gasteiger partial charge in [0.2, 0.25) is 0 Å². The summed E-state index contributed by atoms with van der Waals surface area (Å²) in [5.41, 5.74) is 9.87.